The van der Waals surface area contributed by atoms with E-state index in [9.17, 15) is 18.0 Å². The molecule has 1 N–H and O–H groups in total. The molecule has 11 heteroatoms. The van der Waals surface area contributed by atoms with Gasteiger partial charge in [-0.3, -0.25) is 13.9 Å². The number of benzene rings is 3. The molecule has 1 aliphatic carbocycles. The maximum Gasteiger partial charge on any atom is 0.244 e. The number of anilines is 1. The summed E-state index contributed by atoms with van der Waals surface area (Å²) >= 11 is 12.6. The van der Waals surface area contributed by atoms with Gasteiger partial charge in [-0.25, -0.2) is 8.42 Å². The molecule has 1 aliphatic rings. The van der Waals surface area contributed by atoms with Crippen molar-refractivity contribution in [3.05, 3.63) is 94.0 Å². The third-order valence-corrected chi connectivity index (χ3v) is 9.24. The van der Waals surface area contributed by atoms with E-state index in [0.717, 1.165) is 48.2 Å². The van der Waals surface area contributed by atoms with Crippen LogP contribution in [0.2, 0.25) is 10.0 Å². The van der Waals surface area contributed by atoms with Gasteiger partial charge in [-0.1, -0.05) is 84.9 Å². The van der Waals surface area contributed by atoms with Crippen molar-refractivity contribution in [2.45, 2.75) is 57.2 Å². The number of methoxy groups -OCH3 is 1. The number of rotatable bonds is 12. The van der Waals surface area contributed by atoms with E-state index in [0.29, 0.717) is 16.3 Å². The fourth-order valence-corrected chi connectivity index (χ4v) is 6.66. The first-order valence-corrected chi connectivity index (χ1v) is 16.8. The highest BCUT2D eigenvalue weighted by molar-refractivity contribution is 7.92. The highest BCUT2D eigenvalue weighted by atomic mass is 35.5. The van der Waals surface area contributed by atoms with Crippen molar-refractivity contribution in [1.82, 2.24) is 10.2 Å². The van der Waals surface area contributed by atoms with Crippen LogP contribution in [0.5, 0.6) is 5.75 Å². The Morgan fingerprint density at radius 1 is 0.953 bits per heavy atom. The molecule has 230 valence electrons. The molecule has 0 aromatic heterocycles. The van der Waals surface area contributed by atoms with Gasteiger partial charge in [0.2, 0.25) is 21.8 Å². The van der Waals surface area contributed by atoms with E-state index in [1.165, 1.54) is 24.1 Å². The van der Waals surface area contributed by atoms with Gasteiger partial charge in [0, 0.05) is 24.0 Å². The van der Waals surface area contributed by atoms with Crippen molar-refractivity contribution in [2.75, 3.05) is 24.2 Å². The third-order valence-electron chi connectivity index (χ3n) is 7.57. The second-order valence-corrected chi connectivity index (χ2v) is 13.5. The number of amides is 2. The van der Waals surface area contributed by atoms with Gasteiger partial charge in [-0.2, -0.15) is 0 Å². The Bertz CT molecular complexity index is 1510. The molecular weight excluding hydrogens is 609 g/mol. The summed E-state index contributed by atoms with van der Waals surface area (Å²) in [6.45, 7) is -0.486. The van der Waals surface area contributed by atoms with Crippen molar-refractivity contribution >= 4 is 50.7 Å². The lowest BCUT2D eigenvalue weighted by atomic mass is 9.94. The van der Waals surface area contributed by atoms with Crippen LogP contribution in [-0.4, -0.2) is 57.1 Å². The zero-order valence-corrected chi connectivity index (χ0v) is 26.7. The zero-order valence-electron chi connectivity index (χ0n) is 24.3. The summed E-state index contributed by atoms with van der Waals surface area (Å²) < 4.78 is 32.2. The molecule has 0 heterocycles. The maximum absolute atomic E-state index is 14.2. The van der Waals surface area contributed by atoms with Gasteiger partial charge in [0.25, 0.3) is 0 Å². The van der Waals surface area contributed by atoms with Crippen LogP contribution in [0.15, 0.2) is 72.8 Å². The predicted octanol–water partition coefficient (Wildman–Crippen LogP) is 5.86. The Hall–Kier alpha value is -3.27. The second kappa shape index (κ2) is 14.9. The molecule has 43 heavy (non-hydrogen) atoms. The third kappa shape index (κ3) is 9.11. The van der Waals surface area contributed by atoms with Gasteiger partial charge in [-0.05, 0) is 54.3 Å². The van der Waals surface area contributed by atoms with Crippen molar-refractivity contribution in [3.8, 4) is 5.75 Å². The molecule has 2 amide bonds. The van der Waals surface area contributed by atoms with Crippen LogP contribution in [0, 0.1) is 0 Å². The van der Waals surface area contributed by atoms with Crippen LogP contribution >= 0.6 is 23.2 Å². The molecule has 3 aromatic rings. The van der Waals surface area contributed by atoms with Crippen LogP contribution in [-0.2, 0) is 32.6 Å². The molecule has 0 bridgehead atoms. The van der Waals surface area contributed by atoms with Crippen molar-refractivity contribution in [3.63, 3.8) is 0 Å². The molecule has 1 fully saturated rings. The van der Waals surface area contributed by atoms with Crippen LogP contribution < -0.4 is 14.4 Å². The number of halogens is 2. The topological polar surface area (TPSA) is 96.0 Å². The van der Waals surface area contributed by atoms with Gasteiger partial charge >= 0.3 is 0 Å². The van der Waals surface area contributed by atoms with Crippen LogP contribution in [0.4, 0.5) is 5.69 Å². The first kappa shape index (κ1) is 32.6. The molecule has 0 saturated heterocycles. The quantitative estimate of drug-likeness (QED) is 0.266. The van der Waals surface area contributed by atoms with Crippen molar-refractivity contribution < 1.29 is 22.7 Å². The Balaban J connectivity index is 1.73. The summed E-state index contributed by atoms with van der Waals surface area (Å²) in [5.41, 5.74) is 1.79. The number of hydrogen-bond donors (Lipinski definition) is 1. The molecular formula is C32H37Cl2N3O5S. The van der Waals surface area contributed by atoms with E-state index < -0.39 is 28.5 Å². The highest BCUT2D eigenvalue weighted by Crippen LogP contribution is 2.30. The summed E-state index contributed by atoms with van der Waals surface area (Å²) in [5, 5.41) is 3.87. The predicted molar refractivity (Wildman–Crippen MR) is 171 cm³/mol. The van der Waals surface area contributed by atoms with Crippen molar-refractivity contribution in [1.29, 1.82) is 0 Å². The number of carbonyl (C=O) groups excluding carboxylic acids is 2. The fourth-order valence-electron chi connectivity index (χ4n) is 5.35. The fraction of sp³-hybridized carbons (Fsp3) is 0.375. The average Bonchev–Trinajstić information content (AvgIpc) is 2.98. The molecule has 4 rings (SSSR count). The number of ether oxygens (including phenoxy) is 1. The number of nitrogens with one attached hydrogen (secondary N) is 1. The highest BCUT2D eigenvalue weighted by Gasteiger charge is 2.34. The van der Waals surface area contributed by atoms with E-state index in [-0.39, 0.29) is 35.6 Å². The molecule has 3 aromatic carbocycles. The largest absolute Gasteiger partial charge is 0.495 e. The first-order valence-electron chi connectivity index (χ1n) is 14.2. The molecule has 0 aliphatic heterocycles. The van der Waals surface area contributed by atoms with Gasteiger partial charge in [0.1, 0.15) is 18.3 Å². The van der Waals surface area contributed by atoms with E-state index in [4.69, 9.17) is 27.9 Å². The van der Waals surface area contributed by atoms with Crippen LogP contribution in [0.1, 0.15) is 43.2 Å². The Kier molecular flexibility index (Phi) is 11.3. The lowest BCUT2D eigenvalue weighted by Gasteiger charge is -2.35. The van der Waals surface area contributed by atoms with Crippen LogP contribution in [0.25, 0.3) is 0 Å². The standard InChI is InChI=1S/C32H37Cl2N3O5S/c1-42-30-17-16-27(20-28(30)34)37(43(2,40)41)22-31(38)36(21-24-12-9-13-25(33)18-24)29(19-23-10-5-3-6-11-23)32(39)35-26-14-7-4-8-15-26/h3,5-6,9-13,16-18,20,26,29H,4,7-8,14-15,19,21-22H2,1-2H3,(H,35,39). The van der Waals surface area contributed by atoms with E-state index >= 15 is 0 Å². The molecule has 0 spiro atoms. The molecule has 8 nitrogen and oxygen atoms in total. The smallest absolute Gasteiger partial charge is 0.244 e. The van der Waals surface area contributed by atoms with E-state index in [1.807, 2.05) is 36.4 Å². The lowest BCUT2D eigenvalue weighted by molar-refractivity contribution is -0.140. The summed E-state index contributed by atoms with van der Waals surface area (Å²) in [7, 11) is -2.47. The molecule has 0 radical (unpaired) electrons. The minimum atomic E-state index is -3.93. The minimum Gasteiger partial charge on any atom is -0.495 e. The number of sulfonamides is 1. The second-order valence-electron chi connectivity index (χ2n) is 10.8. The Morgan fingerprint density at radius 3 is 2.28 bits per heavy atom. The molecule has 1 atom stereocenters. The van der Waals surface area contributed by atoms with Gasteiger partial charge < -0.3 is 15.0 Å². The SMILES string of the molecule is COc1ccc(N(CC(=O)N(Cc2cccc(Cl)c2)C(Cc2ccccc2)C(=O)NC2CCCCC2)S(C)(=O)=O)cc1Cl. The Labute approximate surface area is 264 Å². The zero-order chi connectivity index (χ0) is 31.0. The van der Waals surface area contributed by atoms with E-state index in [1.54, 1.807) is 24.3 Å². The molecule has 1 unspecified atom stereocenters. The minimum absolute atomic E-state index is 0.0246. The Morgan fingerprint density at radius 2 is 1.65 bits per heavy atom. The van der Waals surface area contributed by atoms with Crippen molar-refractivity contribution in [2.24, 2.45) is 0 Å². The summed E-state index contributed by atoms with van der Waals surface area (Å²) in [6.07, 6.45) is 6.24. The number of carbonyl (C=O) groups is 2. The lowest BCUT2D eigenvalue weighted by Crippen LogP contribution is -2.55. The van der Waals surface area contributed by atoms with Gasteiger partial charge in [0.05, 0.1) is 24.1 Å². The summed E-state index contributed by atoms with van der Waals surface area (Å²) in [6, 6.07) is 20.2. The average molecular weight is 647 g/mol. The van der Waals surface area contributed by atoms with Crippen LogP contribution in [0.3, 0.4) is 0 Å². The monoisotopic (exact) mass is 645 g/mol. The van der Waals surface area contributed by atoms with Gasteiger partial charge in [-0.15, -0.1) is 0 Å². The number of nitrogens with zero attached hydrogens (tertiary/aromatic N) is 2. The maximum atomic E-state index is 14.2. The first-order chi connectivity index (χ1) is 20.5. The summed E-state index contributed by atoms with van der Waals surface area (Å²) in [4.78, 5) is 29.7. The number of hydrogen-bond acceptors (Lipinski definition) is 5. The van der Waals surface area contributed by atoms with E-state index in [2.05, 4.69) is 5.32 Å². The molecule has 1 saturated carbocycles. The van der Waals surface area contributed by atoms with Gasteiger partial charge in [0.15, 0.2) is 0 Å². The summed E-state index contributed by atoms with van der Waals surface area (Å²) in [5.74, 6) is -0.448. The normalized spacial score (nSPS) is 14.5.